The van der Waals surface area contributed by atoms with Gasteiger partial charge in [-0.05, 0) is 12.1 Å². The third-order valence-corrected chi connectivity index (χ3v) is 2.84. The molecule has 0 unspecified atom stereocenters. The predicted octanol–water partition coefficient (Wildman–Crippen LogP) is 2.26. The lowest BCUT2D eigenvalue weighted by atomic mass is 9.91. The lowest BCUT2D eigenvalue weighted by Crippen LogP contribution is -2.10. The normalized spacial score (nSPS) is 10.9. The number of benzene rings is 2. The molecule has 0 saturated carbocycles. The molecule has 15 heavy (non-hydrogen) atoms. The first-order valence-corrected chi connectivity index (χ1v) is 4.93. The Bertz CT molecular complexity index is 557. The fraction of sp³-hybridized carbons (Fsp3) is 0. The smallest absolute Gasteiger partial charge is 0.167 e. The monoisotopic (exact) mass is 267 g/mol. The molecule has 0 saturated heterocycles. The molecule has 0 bridgehead atoms. The summed E-state index contributed by atoms with van der Waals surface area (Å²) >= 11 is 3.12. The molecule has 0 aliphatic rings. The second kappa shape index (κ2) is 3.49. The van der Waals surface area contributed by atoms with Crippen molar-refractivity contribution in [2.24, 2.45) is 0 Å². The molecule has 0 aromatic heterocycles. The Balaban J connectivity index is 3.03. The van der Waals surface area contributed by atoms with E-state index in [4.69, 9.17) is 13.6 Å². The zero-order chi connectivity index (χ0) is 11.2. The van der Waals surface area contributed by atoms with Crippen LogP contribution in [0.15, 0.2) is 22.7 Å². The van der Waals surface area contributed by atoms with Gasteiger partial charge in [0.2, 0.25) is 0 Å². The van der Waals surface area contributed by atoms with Gasteiger partial charge in [0.05, 0.1) is 0 Å². The second-order valence-electron chi connectivity index (χ2n) is 3.15. The molecule has 74 valence electrons. The van der Waals surface area contributed by atoms with Crippen molar-refractivity contribution in [3.8, 4) is 0 Å². The molecule has 0 fully saturated rings. The number of nitrogen functional groups attached to an aromatic ring is 1. The summed E-state index contributed by atoms with van der Waals surface area (Å²) in [6, 6.07) is 3.89. The number of anilines is 1. The van der Waals surface area contributed by atoms with Crippen LogP contribution in [-0.4, -0.2) is 7.85 Å². The summed E-state index contributed by atoms with van der Waals surface area (Å²) < 4.78 is 26.9. The minimum atomic E-state index is -0.925. The van der Waals surface area contributed by atoms with E-state index in [0.717, 1.165) is 6.07 Å². The van der Waals surface area contributed by atoms with Crippen molar-refractivity contribution in [1.29, 1.82) is 0 Å². The maximum absolute atomic E-state index is 13.5. The van der Waals surface area contributed by atoms with Crippen molar-refractivity contribution < 1.29 is 8.78 Å². The van der Waals surface area contributed by atoms with Crippen LogP contribution in [0.25, 0.3) is 10.8 Å². The molecule has 0 atom stereocenters. The van der Waals surface area contributed by atoms with Gasteiger partial charge >= 0.3 is 0 Å². The first-order valence-electron chi connectivity index (χ1n) is 4.13. The highest BCUT2D eigenvalue weighted by Gasteiger charge is 2.13. The van der Waals surface area contributed by atoms with E-state index in [1.54, 1.807) is 0 Å². The molecule has 2 radical (unpaired) electrons. The van der Waals surface area contributed by atoms with Gasteiger partial charge in [0.1, 0.15) is 7.85 Å². The first-order chi connectivity index (χ1) is 7.02. The number of hydrogen-bond acceptors (Lipinski definition) is 1. The van der Waals surface area contributed by atoms with Crippen LogP contribution in [0.1, 0.15) is 0 Å². The largest absolute Gasteiger partial charge is 0.399 e. The van der Waals surface area contributed by atoms with E-state index in [9.17, 15) is 8.78 Å². The minimum Gasteiger partial charge on any atom is -0.399 e. The molecular formula is C10H5BBrF2N. The minimum absolute atomic E-state index is 0.113. The molecule has 0 aliphatic heterocycles. The maximum atomic E-state index is 13.5. The molecule has 2 aromatic carbocycles. The first kappa shape index (κ1) is 10.4. The van der Waals surface area contributed by atoms with Crippen LogP contribution in [0.2, 0.25) is 0 Å². The van der Waals surface area contributed by atoms with Crippen LogP contribution in [-0.2, 0) is 0 Å². The number of rotatable bonds is 0. The summed E-state index contributed by atoms with van der Waals surface area (Å²) in [6.07, 6.45) is 0. The highest BCUT2D eigenvalue weighted by molar-refractivity contribution is 9.10. The van der Waals surface area contributed by atoms with E-state index in [1.165, 1.54) is 12.1 Å². The Labute approximate surface area is 94.8 Å². The van der Waals surface area contributed by atoms with E-state index in [-0.39, 0.29) is 11.1 Å². The Morgan fingerprint density at radius 1 is 1.27 bits per heavy atom. The standard InChI is InChI=1S/C10H5BBrF2N/c11-5-3-6(12)8-4(10(5)15)1-2-7(13)9(8)14/h1-3H,15H2. The summed E-state index contributed by atoms with van der Waals surface area (Å²) in [5.41, 5.74) is 6.26. The fourth-order valence-electron chi connectivity index (χ4n) is 1.45. The van der Waals surface area contributed by atoms with Crippen LogP contribution in [0.4, 0.5) is 14.5 Å². The van der Waals surface area contributed by atoms with Crippen LogP contribution >= 0.6 is 15.9 Å². The van der Waals surface area contributed by atoms with Gasteiger partial charge < -0.3 is 5.73 Å². The van der Waals surface area contributed by atoms with Gasteiger partial charge in [-0.1, -0.05) is 27.5 Å². The van der Waals surface area contributed by atoms with Gasteiger partial charge in [0.25, 0.3) is 0 Å². The third kappa shape index (κ3) is 1.51. The molecule has 0 heterocycles. The van der Waals surface area contributed by atoms with Gasteiger partial charge in [-0.15, -0.1) is 0 Å². The van der Waals surface area contributed by atoms with Crippen molar-refractivity contribution in [2.45, 2.75) is 0 Å². The summed E-state index contributed by atoms with van der Waals surface area (Å²) in [6.45, 7) is 0. The lowest BCUT2D eigenvalue weighted by molar-refractivity contribution is 0.517. The SMILES string of the molecule is [B]c1cc(Br)c2c(F)c(F)ccc2c1N. The predicted molar refractivity (Wildman–Crippen MR) is 61.4 cm³/mol. The number of hydrogen-bond donors (Lipinski definition) is 1. The maximum Gasteiger partial charge on any atom is 0.167 e. The van der Waals surface area contributed by atoms with E-state index < -0.39 is 11.6 Å². The van der Waals surface area contributed by atoms with E-state index in [2.05, 4.69) is 15.9 Å². The number of fused-ring (bicyclic) bond motifs is 1. The highest BCUT2D eigenvalue weighted by Crippen LogP contribution is 2.30. The quantitative estimate of drug-likeness (QED) is 0.575. The third-order valence-electron chi connectivity index (χ3n) is 2.22. The van der Waals surface area contributed by atoms with Gasteiger partial charge in [-0.2, -0.15) is 0 Å². The summed E-state index contributed by atoms with van der Waals surface area (Å²) in [5.74, 6) is -1.83. The van der Waals surface area contributed by atoms with Crippen molar-refractivity contribution in [1.82, 2.24) is 0 Å². The summed E-state index contributed by atoms with van der Waals surface area (Å²) in [5, 5.41) is 0.516. The average molecular weight is 268 g/mol. The van der Waals surface area contributed by atoms with Crippen LogP contribution < -0.4 is 11.2 Å². The lowest BCUT2D eigenvalue weighted by Gasteiger charge is -2.09. The van der Waals surface area contributed by atoms with Crippen molar-refractivity contribution in [3.05, 3.63) is 34.3 Å². The molecule has 5 heteroatoms. The second-order valence-corrected chi connectivity index (χ2v) is 4.00. The van der Waals surface area contributed by atoms with Crippen molar-refractivity contribution >= 4 is 45.7 Å². The zero-order valence-corrected chi connectivity index (χ0v) is 9.11. The Hall–Kier alpha value is -1.10. The molecule has 0 aliphatic carbocycles. The van der Waals surface area contributed by atoms with Crippen LogP contribution in [0.5, 0.6) is 0 Å². The Morgan fingerprint density at radius 2 is 1.93 bits per heavy atom. The topological polar surface area (TPSA) is 26.0 Å². The van der Waals surface area contributed by atoms with Gasteiger partial charge in [0.15, 0.2) is 11.6 Å². The zero-order valence-electron chi connectivity index (χ0n) is 7.52. The molecule has 0 spiro atoms. The Kier molecular flexibility index (Phi) is 2.42. The molecule has 0 amide bonds. The number of nitrogens with two attached hydrogens (primary N) is 1. The van der Waals surface area contributed by atoms with Crippen molar-refractivity contribution in [3.63, 3.8) is 0 Å². The van der Waals surface area contributed by atoms with Crippen LogP contribution in [0, 0.1) is 11.6 Å². The molecule has 1 nitrogen and oxygen atoms in total. The average Bonchev–Trinajstić information content (AvgIpc) is 2.18. The Morgan fingerprint density at radius 3 is 2.60 bits per heavy atom. The van der Waals surface area contributed by atoms with Gasteiger partial charge in [-0.25, -0.2) is 8.78 Å². The molecule has 2 N–H and O–H groups in total. The molecule has 2 rings (SSSR count). The van der Waals surface area contributed by atoms with Gasteiger partial charge in [-0.3, -0.25) is 0 Å². The summed E-state index contributed by atoms with van der Waals surface area (Å²) in [4.78, 5) is 0. The van der Waals surface area contributed by atoms with Crippen LogP contribution in [0.3, 0.4) is 0 Å². The highest BCUT2D eigenvalue weighted by atomic mass is 79.9. The molecule has 2 aromatic rings. The molecular weight excluding hydrogens is 263 g/mol. The van der Waals surface area contributed by atoms with Gasteiger partial charge in [0, 0.05) is 20.9 Å². The van der Waals surface area contributed by atoms with E-state index in [1.807, 2.05) is 0 Å². The van der Waals surface area contributed by atoms with Crippen molar-refractivity contribution in [2.75, 3.05) is 5.73 Å². The summed E-state index contributed by atoms with van der Waals surface area (Å²) in [7, 11) is 5.60. The van der Waals surface area contributed by atoms with E-state index >= 15 is 0 Å². The fourth-order valence-corrected chi connectivity index (χ4v) is 2.08. The van der Waals surface area contributed by atoms with E-state index in [0.29, 0.717) is 15.3 Å². The number of halogens is 3.